The first-order chi connectivity index (χ1) is 13.7. The highest BCUT2D eigenvalue weighted by Crippen LogP contribution is 2.29. The summed E-state index contributed by atoms with van der Waals surface area (Å²) in [5.74, 6) is 1.57. The number of rotatable bonds is 9. The van der Waals surface area contributed by atoms with E-state index in [1.807, 2.05) is 19.1 Å². The highest BCUT2D eigenvalue weighted by Gasteiger charge is 2.09. The van der Waals surface area contributed by atoms with Gasteiger partial charge in [-0.15, -0.1) is 0 Å². The first kappa shape index (κ1) is 20.0. The Morgan fingerprint density at radius 2 is 1.54 bits per heavy atom. The van der Waals surface area contributed by atoms with Crippen LogP contribution in [0.1, 0.15) is 42.1 Å². The minimum absolute atomic E-state index is 0.286. The second-order valence-electron chi connectivity index (χ2n) is 7.00. The molecule has 3 rings (SSSR count). The molecule has 3 aromatic carbocycles. The second kappa shape index (κ2) is 9.95. The van der Waals surface area contributed by atoms with Crippen LogP contribution in [0.4, 0.5) is 0 Å². The molecule has 3 heteroatoms. The molecule has 3 aromatic rings. The number of benzene rings is 3. The average Bonchev–Trinajstić information content (AvgIpc) is 2.73. The monoisotopic (exact) mass is 375 g/mol. The Morgan fingerprint density at radius 1 is 0.821 bits per heavy atom. The quantitative estimate of drug-likeness (QED) is 0.511. The molecule has 146 valence electrons. The van der Waals surface area contributed by atoms with Gasteiger partial charge in [0.2, 0.25) is 0 Å². The van der Waals surface area contributed by atoms with E-state index in [0.29, 0.717) is 13.2 Å². The largest absolute Gasteiger partial charge is 0.490 e. The highest BCUT2D eigenvalue weighted by atomic mass is 16.5. The van der Waals surface area contributed by atoms with E-state index in [9.17, 15) is 0 Å². The number of nitrogens with one attached hydrogen (secondary N) is 1. The van der Waals surface area contributed by atoms with E-state index in [2.05, 4.69) is 79.8 Å². The fraction of sp³-hybridized carbons (Fsp3) is 0.280. The smallest absolute Gasteiger partial charge is 0.161 e. The van der Waals surface area contributed by atoms with Gasteiger partial charge >= 0.3 is 0 Å². The van der Waals surface area contributed by atoms with E-state index in [1.165, 1.54) is 16.7 Å². The molecule has 0 amide bonds. The van der Waals surface area contributed by atoms with Crippen LogP contribution in [0, 0.1) is 6.92 Å². The molecule has 0 saturated heterocycles. The third kappa shape index (κ3) is 5.61. The maximum atomic E-state index is 6.02. The van der Waals surface area contributed by atoms with E-state index in [0.717, 1.165) is 23.6 Å². The van der Waals surface area contributed by atoms with Gasteiger partial charge in [0.1, 0.15) is 6.61 Å². The molecular formula is C25H29NO2. The molecule has 0 spiro atoms. The van der Waals surface area contributed by atoms with Crippen LogP contribution in [0.5, 0.6) is 11.5 Å². The number of hydrogen-bond acceptors (Lipinski definition) is 3. The summed E-state index contributed by atoms with van der Waals surface area (Å²) in [5.41, 5.74) is 4.86. The van der Waals surface area contributed by atoms with Gasteiger partial charge in [-0.25, -0.2) is 0 Å². The third-order valence-corrected chi connectivity index (χ3v) is 4.73. The highest BCUT2D eigenvalue weighted by molar-refractivity contribution is 5.43. The third-order valence-electron chi connectivity index (χ3n) is 4.73. The van der Waals surface area contributed by atoms with Crippen molar-refractivity contribution in [1.82, 2.24) is 5.32 Å². The topological polar surface area (TPSA) is 30.5 Å². The minimum atomic E-state index is 0.286. The summed E-state index contributed by atoms with van der Waals surface area (Å²) < 4.78 is 11.8. The number of ether oxygens (including phenoxy) is 2. The zero-order valence-electron chi connectivity index (χ0n) is 16.9. The molecule has 1 atom stereocenters. The van der Waals surface area contributed by atoms with Gasteiger partial charge in [0, 0.05) is 12.6 Å². The summed E-state index contributed by atoms with van der Waals surface area (Å²) in [7, 11) is 0. The van der Waals surface area contributed by atoms with Crippen LogP contribution in [0.15, 0.2) is 72.8 Å². The lowest BCUT2D eigenvalue weighted by molar-refractivity contribution is 0.269. The average molecular weight is 376 g/mol. The van der Waals surface area contributed by atoms with Crippen LogP contribution in [-0.4, -0.2) is 6.61 Å². The summed E-state index contributed by atoms with van der Waals surface area (Å²) in [4.78, 5) is 0. The van der Waals surface area contributed by atoms with Crippen molar-refractivity contribution in [3.63, 3.8) is 0 Å². The molecule has 0 aliphatic carbocycles. The van der Waals surface area contributed by atoms with Crippen molar-refractivity contribution < 1.29 is 9.47 Å². The van der Waals surface area contributed by atoms with Crippen LogP contribution >= 0.6 is 0 Å². The Balaban J connectivity index is 1.63. The maximum absolute atomic E-state index is 6.02. The van der Waals surface area contributed by atoms with E-state index in [-0.39, 0.29) is 6.04 Å². The molecule has 0 aliphatic rings. The lowest BCUT2D eigenvalue weighted by atomic mass is 10.1. The minimum Gasteiger partial charge on any atom is -0.490 e. The second-order valence-corrected chi connectivity index (χ2v) is 7.00. The van der Waals surface area contributed by atoms with Gasteiger partial charge < -0.3 is 14.8 Å². The van der Waals surface area contributed by atoms with Crippen molar-refractivity contribution in [1.29, 1.82) is 0 Å². The normalized spacial score (nSPS) is 11.8. The fourth-order valence-corrected chi connectivity index (χ4v) is 3.03. The van der Waals surface area contributed by atoms with Crippen molar-refractivity contribution in [2.75, 3.05) is 6.61 Å². The molecule has 0 aromatic heterocycles. The van der Waals surface area contributed by atoms with Crippen molar-refractivity contribution in [2.45, 2.75) is 40.0 Å². The number of aryl methyl sites for hydroxylation is 1. The van der Waals surface area contributed by atoms with E-state index in [4.69, 9.17) is 9.47 Å². The molecular weight excluding hydrogens is 346 g/mol. The van der Waals surface area contributed by atoms with Gasteiger partial charge in [-0.2, -0.15) is 0 Å². The summed E-state index contributed by atoms with van der Waals surface area (Å²) in [6.07, 6.45) is 0. The Labute approximate surface area is 168 Å². The molecule has 0 radical (unpaired) electrons. The molecule has 1 N–H and O–H groups in total. The zero-order valence-corrected chi connectivity index (χ0v) is 16.9. The van der Waals surface area contributed by atoms with E-state index >= 15 is 0 Å². The molecule has 0 saturated carbocycles. The number of hydrogen-bond donors (Lipinski definition) is 1. The molecule has 0 aliphatic heterocycles. The van der Waals surface area contributed by atoms with Gasteiger partial charge in [0.15, 0.2) is 11.5 Å². The van der Waals surface area contributed by atoms with Gasteiger partial charge in [-0.05, 0) is 49.6 Å². The molecule has 3 nitrogen and oxygen atoms in total. The first-order valence-corrected chi connectivity index (χ1v) is 9.88. The lowest BCUT2D eigenvalue weighted by Gasteiger charge is -2.16. The first-order valence-electron chi connectivity index (χ1n) is 9.88. The van der Waals surface area contributed by atoms with Crippen molar-refractivity contribution in [2.24, 2.45) is 0 Å². The van der Waals surface area contributed by atoms with Crippen molar-refractivity contribution >= 4 is 0 Å². The van der Waals surface area contributed by atoms with E-state index in [1.54, 1.807) is 0 Å². The van der Waals surface area contributed by atoms with Gasteiger partial charge in [0.25, 0.3) is 0 Å². The van der Waals surface area contributed by atoms with Gasteiger partial charge in [-0.3, -0.25) is 0 Å². The Morgan fingerprint density at radius 3 is 2.25 bits per heavy atom. The summed E-state index contributed by atoms with van der Waals surface area (Å²) in [6.45, 7) is 8.17. The molecule has 0 heterocycles. The summed E-state index contributed by atoms with van der Waals surface area (Å²) in [6, 6.07) is 25.3. The van der Waals surface area contributed by atoms with Gasteiger partial charge in [0.05, 0.1) is 6.61 Å². The van der Waals surface area contributed by atoms with Crippen molar-refractivity contribution in [3.8, 4) is 11.5 Å². The molecule has 0 fully saturated rings. The summed E-state index contributed by atoms with van der Waals surface area (Å²) >= 11 is 0. The van der Waals surface area contributed by atoms with Crippen LogP contribution in [0.2, 0.25) is 0 Å². The standard InChI is InChI=1S/C25H29NO2/c1-4-27-25-16-22(17-26-20(3)23-8-6-5-7-9-23)14-15-24(25)28-18-21-12-10-19(2)11-13-21/h5-16,20,26H,4,17-18H2,1-3H3. The SMILES string of the molecule is CCOc1cc(CNC(C)c2ccccc2)ccc1OCc1ccc(C)cc1. The van der Waals surface area contributed by atoms with E-state index < -0.39 is 0 Å². The summed E-state index contributed by atoms with van der Waals surface area (Å²) in [5, 5.41) is 3.57. The fourth-order valence-electron chi connectivity index (χ4n) is 3.03. The molecule has 0 bridgehead atoms. The molecule has 28 heavy (non-hydrogen) atoms. The Hall–Kier alpha value is -2.78. The van der Waals surface area contributed by atoms with Crippen molar-refractivity contribution in [3.05, 3.63) is 95.1 Å². The maximum Gasteiger partial charge on any atom is 0.161 e. The predicted molar refractivity (Wildman–Crippen MR) is 115 cm³/mol. The lowest BCUT2D eigenvalue weighted by Crippen LogP contribution is -2.18. The zero-order chi connectivity index (χ0) is 19.8. The van der Waals surface area contributed by atoms with Crippen LogP contribution in [0.3, 0.4) is 0 Å². The van der Waals surface area contributed by atoms with Crippen LogP contribution < -0.4 is 14.8 Å². The predicted octanol–water partition coefficient (Wildman–Crippen LogP) is 5.82. The molecule has 1 unspecified atom stereocenters. The van der Waals surface area contributed by atoms with Crippen LogP contribution in [0.25, 0.3) is 0 Å². The Kier molecular flexibility index (Phi) is 7.10. The Bertz CT molecular complexity index is 859. The van der Waals surface area contributed by atoms with Crippen LogP contribution in [-0.2, 0) is 13.2 Å². The van der Waals surface area contributed by atoms with Gasteiger partial charge in [-0.1, -0.05) is 66.2 Å².